The van der Waals surface area contributed by atoms with Crippen LogP contribution in [0, 0.1) is 19.7 Å². The molecule has 3 aromatic rings. The molecule has 0 saturated carbocycles. The Morgan fingerprint density at radius 1 is 1.23 bits per heavy atom. The minimum absolute atomic E-state index is 0.00450. The van der Waals surface area contributed by atoms with Gasteiger partial charge >= 0.3 is 0 Å². The Morgan fingerprint density at radius 2 is 2.03 bits per heavy atom. The van der Waals surface area contributed by atoms with E-state index < -0.39 is 0 Å². The molecule has 5 nitrogen and oxygen atoms in total. The summed E-state index contributed by atoms with van der Waals surface area (Å²) in [7, 11) is 0. The topological polar surface area (TPSA) is 45.7 Å². The predicted octanol–water partition coefficient (Wildman–Crippen LogP) is 4.35. The number of rotatable bonds is 7. The molecule has 0 spiro atoms. The summed E-state index contributed by atoms with van der Waals surface area (Å²) in [6.45, 7) is 8.87. The summed E-state index contributed by atoms with van der Waals surface area (Å²) < 4.78 is 20.4. The SMILES string of the molecule is Cc1ccc(C)c(CC(=O)N(CCCN2CCOCC2)c2nc3c(F)cccc3s2)c1. The third-order valence-electron chi connectivity index (χ3n) is 5.70. The highest BCUT2D eigenvalue weighted by Crippen LogP contribution is 2.31. The van der Waals surface area contributed by atoms with Gasteiger partial charge in [-0.25, -0.2) is 9.37 Å². The highest BCUT2D eigenvalue weighted by molar-refractivity contribution is 7.22. The number of fused-ring (bicyclic) bond motifs is 1. The van der Waals surface area contributed by atoms with Crippen molar-refractivity contribution in [3.63, 3.8) is 0 Å². The van der Waals surface area contributed by atoms with Crippen molar-refractivity contribution in [1.29, 1.82) is 0 Å². The van der Waals surface area contributed by atoms with Crippen LogP contribution >= 0.6 is 11.3 Å². The van der Waals surface area contributed by atoms with Gasteiger partial charge in [-0.1, -0.05) is 41.2 Å². The maximum absolute atomic E-state index is 14.2. The van der Waals surface area contributed by atoms with Crippen molar-refractivity contribution in [2.75, 3.05) is 44.3 Å². The van der Waals surface area contributed by atoms with E-state index in [-0.39, 0.29) is 11.7 Å². The van der Waals surface area contributed by atoms with Crippen LogP contribution in [0.15, 0.2) is 36.4 Å². The molecule has 1 fully saturated rings. The number of nitrogens with zero attached hydrogens (tertiary/aromatic N) is 3. The molecular weight excluding hydrogens is 413 g/mol. The quantitative estimate of drug-likeness (QED) is 0.547. The Kier molecular flexibility index (Phi) is 6.95. The van der Waals surface area contributed by atoms with Gasteiger partial charge in [0.05, 0.1) is 24.3 Å². The van der Waals surface area contributed by atoms with Crippen LogP contribution in [0.25, 0.3) is 10.2 Å². The molecule has 0 aliphatic carbocycles. The van der Waals surface area contributed by atoms with Gasteiger partial charge in [0, 0.05) is 26.2 Å². The van der Waals surface area contributed by atoms with Gasteiger partial charge in [-0.3, -0.25) is 14.6 Å². The number of aromatic nitrogens is 1. The number of hydrogen-bond donors (Lipinski definition) is 0. The van der Waals surface area contributed by atoms with E-state index in [2.05, 4.69) is 22.0 Å². The molecule has 0 unspecified atom stereocenters. The highest BCUT2D eigenvalue weighted by atomic mass is 32.1. The second-order valence-electron chi connectivity index (χ2n) is 8.04. The summed E-state index contributed by atoms with van der Waals surface area (Å²) in [5, 5.41) is 0.567. The van der Waals surface area contributed by atoms with Gasteiger partial charge < -0.3 is 4.74 Å². The van der Waals surface area contributed by atoms with Crippen LogP contribution in [0.1, 0.15) is 23.1 Å². The summed E-state index contributed by atoms with van der Waals surface area (Å²) in [6.07, 6.45) is 1.14. The minimum atomic E-state index is -0.352. The van der Waals surface area contributed by atoms with Crippen LogP contribution in [0.2, 0.25) is 0 Å². The van der Waals surface area contributed by atoms with Crippen molar-refractivity contribution >= 4 is 32.6 Å². The van der Waals surface area contributed by atoms with Crippen LogP contribution < -0.4 is 4.90 Å². The van der Waals surface area contributed by atoms with E-state index in [1.807, 2.05) is 26.0 Å². The second-order valence-corrected chi connectivity index (χ2v) is 9.05. The first-order valence-electron chi connectivity index (χ1n) is 10.7. The standard InChI is InChI=1S/C24H28FN3O2S/c1-17-7-8-18(2)19(15-17)16-22(29)28(10-4-9-27-11-13-30-14-12-27)24-26-23-20(25)5-3-6-21(23)31-24/h3,5-8,15H,4,9-14,16H2,1-2H3. The molecular formula is C24H28FN3O2S. The fourth-order valence-corrected chi connectivity index (χ4v) is 4.90. The van der Waals surface area contributed by atoms with E-state index in [0.717, 1.165) is 60.7 Å². The van der Waals surface area contributed by atoms with E-state index in [9.17, 15) is 9.18 Å². The lowest BCUT2D eigenvalue weighted by Crippen LogP contribution is -2.39. The number of anilines is 1. The monoisotopic (exact) mass is 441 g/mol. The van der Waals surface area contributed by atoms with Gasteiger partial charge in [0.25, 0.3) is 0 Å². The number of carbonyl (C=O) groups is 1. The molecule has 31 heavy (non-hydrogen) atoms. The molecule has 1 saturated heterocycles. The molecule has 4 rings (SSSR count). The first-order valence-corrected chi connectivity index (χ1v) is 11.5. The largest absolute Gasteiger partial charge is 0.379 e. The van der Waals surface area contributed by atoms with E-state index in [1.165, 1.54) is 17.4 Å². The van der Waals surface area contributed by atoms with Gasteiger partial charge in [0.2, 0.25) is 5.91 Å². The van der Waals surface area contributed by atoms with E-state index in [4.69, 9.17) is 4.74 Å². The van der Waals surface area contributed by atoms with Crippen LogP contribution in [0.4, 0.5) is 9.52 Å². The number of para-hydroxylation sites is 1. The average molecular weight is 442 g/mol. The molecule has 0 radical (unpaired) electrons. The molecule has 2 aromatic carbocycles. The van der Waals surface area contributed by atoms with Crippen LogP contribution in [0.5, 0.6) is 0 Å². The fourth-order valence-electron chi connectivity index (χ4n) is 3.87. The number of ether oxygens (including phenoxy) is 1. The molecule has 0 atom stereocenters. The summed E-state index contributed by atoms with van der Waals surface area (Å²) in [4.78, 5) is 22.0. The molecule has 1 aliphatic heterocycles. The summed E-state index contributed by atoms with van der Waals surface area (Å²) in [5.41, 5.74) is 3.59. The smallest absolute Gasteiger partial charge is 0.233 e. The Balaban J connectivity index is 1.55. The molecule has 164 valence electrons. The Labute approximate surface area is 186 Å². The van der Waals surface area contributed by atoms with Crippen LogP contribution in [-0.4, -0.2) is 55.2 Å². The predicted molar refractivity (Wildman–Crippen MR) is 123 cm³/mol. The maximum Gasteiger partial charge on any atom is 0.233 e. The number of aryl methyl sites for hydroxylation is 2. The molecule has 1 aromatic heterocycles. The number of halogens is 1. The number of carbonyl (C=O) groups excluding carboxylic acids is 1. The third-order valence-corrected chi connectivity index (χ3v) is 6.74. The van der Waals surface area contributed by atoms with Crippen molar-refractivity contribution in [3.05, 3.63) is 58.9 Å². The zero-order chi connectivity index (χ0) is 21.8. The van der Waals surface area contributed by atoms with E-state index in [1.54, 1.807) is 11.0 Å². The minimum Gasteiger partial charge on any atom is -0.379 e. The molecule has 2 heterocycles. The zero-order valence-electron chi connectivity index (χ0n) is 18.1. The Bertz CT molecular complexity index is 1060. The Morgan fingerprint density at radius 3 is 2.81 bits per heavy atom. The number of benzene rings is 2. The van der Waals surface area contributed by atoms with Crippen LogP contribution in [0.3, 0.4) is 0 Å². The number of morpholine rings is 1. The van der Waals surface area contributed by atoms with Gasteiger partial charge in [-0.05, 0) is 43.5 Å². The molecule has 0 N–H and O–H groups in total. The van der Waals surface area contributed by atoms with Crippen molar-refractivity contribution in [2.45, 2.75) is 26.7 Å². The molecule has 1 aliphatic rings. The second kappa shape index (κ2) is 9.85. The molecule has 7 heteroatoms. The normalized spacial score (nSPS) is 14.8. The lowest BCUT2D eigenvalue weighted by atomic mass is 10.0. The zero-order valence-corrected chi connectivity index (χ0v) is 18.9. The van der Waals surface area contributed by atoms with Gasteiger partial charge in [0.15, 0.2) is 5.13 Å². The van der Waals surface area contributed by atoms with Crippen molar-refractivity contribution in [2.24, 2.45) is 0 Å². The number of amides is 1. The molecule has 0 bridgehead atoms. The van der Waals surface area contributed by atoms with Crippen LogP contribution in [-0.2, 0) is 16.0 Å². The third kappa shape index (κ3) is 5.29. The lowest BCUT2D eigenvalue weighted by Gasteiger charge is -2.27. The number of hydrogen-bond acceptors (Lipinski definition) is 5. The highest BCUT2D eigenvalue weighted by Gasteiger charge is 2.22. The van der Waals surface area contributed by atoms with E-state index in [0.29, 0.717) is 23.6 Å². The van der Waals surface area contributed by atoms with Crippen molar-refractivity contribution in [3.8, 4) is 0 Å². The summed E-state index contributed by atoms with van der Waals surface area (Å²) in [5.74, 6) is -0.356. The van der Waals surface area contributed by atoms with Gasteiger partial charge in [0.1, 0.15) is 11.3 Å². The fraction of sp³-hybridized carbons (Fsp3) is 0.417. The summed E-state index contributed by atoms with van der Waals surface area (Å²) >= 11 is 1.37. The molecule has 1 amide bonds. The van der Waals surface area contributed by atoms with Crippen molar-refractivity contribution < 1.29 is 13.9 Å². The summed E-state index contributed by atoms with van der Waals surface area (Å²) in [6, 6.07) is 11.1. The van der Waals surface area contributed by atoms with Gasteiger partial charge in [-0.2, -0.15) is 0 Å². The lowest BCUT2D eigenvalue weighted by molar-refractivity contribution is -0.118. The average Bonchev–Trinajstić information content (AvgIpc) is 3.20. The van der Waals surface area contributed by atoms with E-state index >= 15 is 0 Å². The first kappa shape index (κ1) is 21.9. The van der Waals surface area contributed by atoms with Crippen molar-refractivity contribution in [1.82, 2.24) is 9.88 Å². The Hall–Kier alpha value is -2.35. The van der Waals surface area contributed by atoms with Gasteiger partial charge in [-0.15, -0.1) is 0 Å². The first-order chi connectivity index (χ1) is 15.0. The maximum atomic E-state index is 14.2. The number of thiazole rings is 1.